The van der Waals surface area contributed by atoms with Crippen LogP contribution in [-0.4, -0.2) is 109 Å². The molecule has 168 valence electrons. The van der Waals surface area contributed by atoms with E-state index in [-0.39, 0.29) is 17.7 Å². The molecule has 31 heavy (non-hydrogen) atoms. The first-order valence-electron chi connectivity index (χ1n) is 11.0. The van der Waals surface area contributed by atoms with Crippen molar-refractivity contribution in [2.75, 3.05) is 65.6 Å². The van der Waals surface area contributed by atoms with Crippen LogP contribution >= 0.6 is 15.9 Å². The van der Waals surface area contributed by atoms with Crippen molar-refractivity contribution in [3.8, 4) is 0 Å². The van der Waals surface area contributed by atoms with E-state index in [1.165, 1.54) is 0 Å². The maximum absolute atomic E-state index is 13.2. The van der Waals surface area contributed by atoms with Crippen LogP contribution in [0.1, 0.15) is 23.2 Å². The Kier molecular flexibility index (Phi) is 7.24. The maximum atomic E-state index is 13.2. The summed E-state index contributed by atoms with van der Waals surface area (Å²) >= 11 is 3.39. The van der Waals surface area contributed by atoms with Gasteiger partial charge >= 0.3 is 0 Å². The molecule has 0 bridgehead atoms. The molecule has 0 aliphatic carbocycles. The van der Waals surface area contributed by atoms with Crippen molar-refractivity contribution in [2.45, 2.75) is 18.9 Å². The van der Waals surface area contributed by atoms with E-state index in [4.69, 9.17) is 4.74 Å². The van der Waals surface area contributed by atoms with Gasteiger partial charge in [0.25, 0.3) is 5.91 Å². The highest BCUT2D eigenvalue weighted by Crippen LogP contribution is 2.23. The lowest BCUT2D eigenvalue weighted by Gasteiger charge is -2.38. The lowest BCUT2D eigenvalue weighted by atomic mass is 10.1. The minimum atomic E-state index is -0.410. The van der Waals surface area contributed by atoms with Gasteiger partial charge in [0.2, 0.25) is 11.8 Å². The lowest BCUT2D eigenvalue weighted by molar-refractivity contribution is -0.142. The highest BCUT2D eigenvalue weighted by Gasteiger charge is 2.38. The number of nitrogens with zero attached hydrogens (tertiary/aromatic N) is 4. The highest BCUT2D eigenvalue weighted by atomic mass is 79.9. The zero-order valence-electron chi connectivity index (χ0n) is 17.7. The van der Waals surface area contributed by atoms with Crippen molar-refractivity contribution in [1.82, 2.24) is 19.6 Å². The molecule has 3 fully saturated rings. The van der Waals surface area contributed by atoms with Crippen molar-refractivity contribution in [1.29, 1.82) is 0 Å². The molecule has 8 nitrogen and oxygen atoms in total. The number of piperazine rings is 1. The maximum Gasteiger partial charge on any atom is 0.254 e. The lowest BCUT2D eigenvalue weighted by Crippen LogP contribution is -2.56. The third-order valence-electron chi connectivity index (χ3n) is 6.30. The second kappa shape index (κ2) is 10.1. The van der Waals surface area contributed by atoms with E-state index in [0.717, 1.165) is 24.0 Å². The Bertz CT molecular complexity index is 804. The van der Waals surface area contributed by atoms with Crippen LogP contribution in [0.4, 0.5) is 0 Å². The third-order valence-corrected chi connectivity index (χ3v) is 6.83. The van der Waals surface area contributed by atoms with E-state index < -0.39 is 6.04 Å². The SMILES string of the molecule is O=C(CN1CCOCC1)N1CCN(C(=O)C2CCCN2C(=O)c2ccc(Br)cc2)CC1. The van der Waals surface area contributed by atoms with E-state index >= 15 is 0 Å². The molecule has 3 aliphatic heterocycles. The largest absolute Gasteiger partial charge is 0.379 e. The van der Waals surface area contributed by atoms with Gasteiger partial charge in [-0.3, -0.25) is 19.3 Å². The fourth-order valence-electron chi connectivity index (χ4n) is 4.46. The predicted molar refractivity (Wildman–Crippen MR) is 119 cm³/mol. The number of hydrogen-bond donors (Lipinski definition) is 0. The number of benzene rings is 1. The Balaban J connectivity index is 1.30. The molecular weight excluding hydrogens is 464 g/mol. The molecule has 3 saturated heterocycles. The normalized spacial score (nSPS) is 22.6. The number of amides is 3. The van der Waals surface area contributed by atoms with Gasteiger partial charge in [0.15, 0.2) is 0 Å². The van der Waals surface area contributed by atoms with Crippen LogP contribution in [0.25, 0.3) is 0 Å². The average molecular weight is 493 g/mol. The van der Waals surface area contributed by atoms with Gasteiger partial charge < -0.3 is 19.4 Å². The predicted octanol–water partition coefficient (Wildman–Crippen LogP) is 1.06. The van der Waals surface area contributed by atoms with Crippen LogP contribution in [0.15, 0.2) is 28.7 Å². The first-order valence-corrected chi connectivity index (χ1v) is 11.8. The highest BCUT2D eigenvalue weighted by molar-refractivity contribution is 9.10. The van der Waals surface area contributed by atoms with Gasteiger partial charge in [-0.2, -0.15) is 0 Å². The van der Waals surface area contributed by atoms with Crippen LogP contribution in [0.3, 0.4) is 0 Å². The number of halogens is 1. The number of rotatable bonds is 4. The molecule has 9 heteroatoms. The Labute approximate surface area is 191 Å². The summed E-state index contributed by atoms with van der Waals surface area (Å²) in [4.78, 5) is 46.2. The molecule has 0 radical (unpaired) electrons. The number of hydrogen-bond acceptors (Lipinski definition) is 5. The quantitative estimate of drug-likeness (QED) is 0.628. The molecule has 3 amide bonds. The molecule has 0 spiro atoms. The molecular formula is C22H29BrN4O4. The van der Waals surface area contributed by atoms with Crippen LogP contribution in [0.2, 0.25) is 0 Å². The van der Waals surface area contributed by atoms with E-state index in [1.54, 1.807) is 17.0 Å². The number of carbonyl (C=O) groups is 3. The minimum Gasteiger partial charge on any atom is -0.379 e. The fourth-order valence-corrected chi connectivity index (χ4v) is 4.73. The second-order valence-corrected chi connectivity index (χ2v) is 9.17. The van der Waals surface area contributed by atoms with E-state index in [0.29, 0.717) is 64.5 Å². The molecule has 0 aromatic heterocycles. The van der Waals surface area contributed by atoms with Crippen LogP contribution in [0.5, 0.6) is 0 Å². The van der Waals surface area contributed by atoms with Gasteiger partial charge in [-0.15, -0.1) is 0 Å². The molecule has 1 atom stereocenters. The van der Waals surface area contributed by atoms with Gasteiger partial charge in [0, 0.05) is 55.8 Å². The van der Waals surface area contributed by atoms with Crippen molar-refractivity contribution in [3.05, 3.63) is 34.3 Å². The topological polar surface area (TPSA) is 73.4 Å². The number of ether oxygens (including phenoxy) is 1. The molecule has 0 N–H and O–H groups in total. The number of likely N-dealkylation sites (tertiary alicyclic amines) is 1. The van der Waals surface area contributed by atoms with Crippen molar-refractivity contribution in [3.63, 3.8) is 0 Å². The van der Waals surface area contributed by atoms with Crippen LogP contribution in [-0.2, 0) is 14.3 Å². The minimum absolute atomic E-state index is 0.00300. The Morgan fingerprint density at radius 1 is 0.903 bits per heavy atom. The summed E-state index contributed by atoms with van der Waals surface area (Å²) in [5.74, 6) is 0.0211. The molecule has 1 aromatic carbocycles. The Morgan fingerprint density at radius 2 is 1.55 bits per heavy atom. The smallest absolute Gasteiger partial charge is 0.254 e. The summed E-state index contributed by atoms with van der Waals surface area (Å²) in [6.07, 6.45) is 1.52. The number of morpholine rings is 1. The summed E-state index contributed by atoms with van der Waals surface area (Å²) in [7, 11) is 0. The monoisotopic (exact) mass is 492 g/mol. The van der Waals surface area contributed by atoms with Gasteiger partial charge in [0.05, 0.1) is 19.8 Å². The van der Waals surface area contributed by atoms with Gasteiger partial charge in [-0.25, -0.2) is 0 Å². The second-order valence-electron chi connectivity index (χ2n) is 8.26. The first-order chi connectivity index (χ1) is 15.0. The third kappa shape index (κ3) is 5.27. The zero-order chi connectivity index (χ0) is 21.8. The molecule has 1 unspecified atom stereocenters. The van der Waals surface area contributed by atoms with Crippen molar-refractivity contribution in [2.24, 2.45) is 0 Å². The van der Waals surface area contributed by atoms with Crippen molar-refractivity contribution < 1.29 is 19.1 Å². The first kappa shape index (κ1) is 22.2. The van der Waals surface area contributed by atoms with Crippen LogP contribution in [0, 0.1) is 0 Å². The summed E-state index contributed by atoms with van der Waals surface area (Å²) in [6.45, 7) is 6.05. The fraction of sp³-hybridized carbons (Fsp3) is 0.591. The molecule has 0 saturated carbocycles. The summed E-state index contributed by atoms with van der Waals surface area (Å²) < 4.78 is 6.25. The Morgan fingerprint density at radius 3 is 2.23 bits per heavy atom. The summed E-state index contributed by atoms with van der Waals surface area (Å²) in [5.41, 5.74) is 0.599. The molecule has 1 aromatic rings. The summed E-state index contributed by atoms with van der Waals surface area (Å²) in [5, 5.41) is 0. The van der Waals surface area contributed by atoms with Gasteiger partial charge in [0.1, 0.15) is 6.04 Å². The average Bonchev–Trinajstić information content (AvgIpc) is 3.29. The molecule has 3 heterocycles. The Hall–Kier alpha value is -1.97. The zero-order valence-corrected chi connectivity index (χ0v) is 19.3. The van der Waals surface area contributed by atoms with Gasteiger partial charge in [-0.05, 0) is 37.1 Å². The standard InChI is InChI=1S/C22H29BrN4O4/c23-18-5-3-17(4-6-18)21(29)27-7-1-2-19(27)22(30)26-10-8-25(9-11-26)20(28)16-24-12-14-31-15-13-24/h3-6,19H,1-2,7-16H2. The summed E-state index contributed by atoms with van der Waals surface area (Å²) in [6, 6.07) is 6.84. The van der Waals surface area contributed by atoms with E-state index in [1.807, 2.05) is 21.9 Å². The molecule has 4 rings (SSSR count). The van der Waals surface area contributed by atoms with E-state index in [2.05, 4.69) is 20.8 Å². The van der Waals surface area contributed by atoms with Crippen LogP contribution < -0.4 is 0 Å². The van der Waals surface area contributed by atoms with Crippen molar-refractivity contribution >= 4 is 33.7 Å². The molecule has 3 aliphatic rings. The van der Waals surface area contributed by atoms with Gasteiger partial charge in [-0.1, -0.05) is 15.9 Å². The van der Waals surface area contributed by atoms with E-state index in [9.17, 15) is 14.4 Å². The number of carbonyl (C=O) groups excluding carboxylic acids is 3.